The van der Waals surface area contributed by atoms with E-state index in [2.05, 4.69) is 17.0 Å². The first-order valence-corrected chi connectivity index (χ1v) is 16.6. The van der Waals surface area contributed by atoms with E-state index >= 15 is 0 Å². The summed E-state index contributed by atoms with van der Waals surface area (Å²) in [5, 5.41) is 0. The first kappa shape index (κ1) is 31.6. The Morgan fingerprint density at radius 3 is 1.91 bits per heavy atom. The molecule has 1 saturated heterocycles. The van der Waals surface area contributed by atoms with Crippen molar-refractivity contribution in [3.05, 3.63) is 107 Å². The summed E-state index contributed by atoms with van der Waals surface area (Å²) in [6, 6.07) is 25.5. The lowest BCUT2D eigenvalue weighted by Gasteiger charge is -2.22. The van der Waals surface area contributed by atoms with Gasteiger partial charge in [-0.15, -0.1) is 0 Å². The van der Waals surface area contributed by atoms with Crippen molar-refractivity contribution in [2.24, 2.45) is 0 Å². The molecule has 5 heteroatoms. The molecule has 3 aromatic carbocycles. The van der Waals surface area contributed by atoms with Crippen LogP contribution in [0.15, 0.2) is 90.0 Å². The zero-order valence-corrected chi connectivity index (χ0v) is 26.2. The first-order valence-electron chi connectivity index (χ1n) is 16.6. The molecule has 0 aromatic heterocycles. The summed E-state index contributed by atoms with van der Waals surface area (Å²) in [7, 11) is 0. The van der Waals surface area contributed by atoms with Crippen molar-refractivity contribution >= 4 is 17.5 Å². The summed E-state index contributed by atoms with van der Waals surface area (Å²) in [6.07, 6.45) is 11.1. The minimum atomic E-state index is 0.00573. The molecule has 3 aromatic rings. The number of hydrogen-bond donors (Lipinski definition) is 0. The van der Waals surface area contributed by atoms with E-state index in [0.717, 1.165) is 63.1 Å². The molecule has 44 heavy (non-hydrogen) atoms. The van der Waals surface area contributed by atoms with Crippen molar-refractivity contribution in [1.82, 2.24) is 9.80 Å². The second-order valence-corrected chi connectivity index (χ2v) is 12.3. The number of benzene rings is 3. The molecule has 1 heterocycles. The summed E-state index contributed by atoms with van der Waals surface area (Å²) in [5.41, 5.74) is 5.53. The minimum Gasteiger partial charge on any atom is -0.337 e. The van der Waals surface area contributed by atoms with Gasteiger partial charge in [0.15, 0.2) is 11.6 Å². The van der Waals surface area contributed by atoms with Crippen LogP contribution in [0.4, 0.5) is 0 Å². The van der Waals surface area contributed by atoms with Gasteiger partial charge in [0, 0.05) is 47.5 Å². The minimum absolute atomic E-state index is 0.00573. The molecule has 1 fully saturated rings. The van der Waals surface area contributed by atoms with Crippen LogP contribution in [0.3, 0.4) is 0 Å². The van der Waals surface area contributed by atoms with Gasteiger partial charge in [0.05, 0.1) is 0 Å². The maximum absolute atomic E-state index is 13.2. The number of amides is 1. The third kappa shape index (κ3) is 8.00. The monoisotopic (exact) mass is 590 g/mol. The Kier molecular flexibility index (Phi) is 11.3. The summed E-state index contributed by atoms with van der Waals surface area (Å²) in [4.78, 5) is 43.3. The lowest BCUT2D eigenvalue weighted by molar-refractivity contribution is 0.0761. The average Bonchev–Trinajstić information content (AvgIpc) is 3.32. The summed E-state index contributed by atoms with van der Waals surface area (Å²) >= 11 is 0. The van der Waals surface area contributed by atoms with Crippen molar-refractivity contribution in [3.8, 4) is 11.1 Å². The molecule has 0 unspecified atom stereocenters. The van der Waals surface area contributed by atoms with Crippen molar-refractivity contribution in [2.75, 3.05) is 32.7 Å². The fraction of sp³-hybridized carbons (Fsp3) is 0.410. The Morgan fingerprint density at radius 1 is 0.614 bits per heavy atom. The van der Waals surface area contributed by atoms with Gasteiger partial charge in [-0.3, -0.25) is 14.4 Å². The van der Waals surface area contributed by atoms with Crippen LogP contribution in [0, 0.1) is 0 Å². The van der Waals surface area contributed by atoms with E-state index in [0.29, 0.717) is 28.7 Å². The highest BCUT2D eigenvalue weighted by atomic mass is 16.2. The van der Waals surface area contributed by atoms with Gasteiger partial charge in [-0.25, -0.2) is 0 Å². The van der Waals surface area contributed by atoms with Gasteiger partial charge in [-0.05, 0) is 69.0 Å². The van der Waals surface area contributed by atoms with Gasteiger partial charge in [0.1, 0.15) is 0 Å². The molecular formula is C39H46N2O3. The molecule has 0 N–H and O–H groups in total. The van der Waals surface area contributed by atoms with Crippen LogP contribution in [-0.4, -0.2) is 60.0 Å². The number of unbranched alkanes of at least 4 members (excludes halogenated alkanes) is 7. The molecule has 5 rings (SSSR count). The Bertz CT molecular complexity index is 1460. The second kappa shape index (κ2) is 15.8. The van der Waals surface area contributed by atoms with Crippen molar-refractivity contribution < 1.29 is 14.4 Å². The molecule has 0 radical (unpaired) electrons. The number of nitrogens with zero attached hydrogens (tertiary/aromatic N) is 2. The topological polar surface area (TPSA) is 57.7 Å². The lowest BCUT2D eigenvalue weighted by atomic mass is 9.82. The van der Waals surface area contributed by atoms with E-state index in [1.54, 1.807) is 19.1 Å². The maximum atomic E-state index is 13.2. The number of carbonyl (C=O) groups excluding carboxylic acids is 3. The van der Waals surface area contributed by atoms with Gasteiger partial charge in [0.2, 0.25) is 0 Å². The Morgan fingerprint density at radius 2 is 1.20 bits per heavy atom. The highest BCUT2D eigenvalue weighted by Gasteiger charge is 2.28. The molecule has 0 bridgehead atoms. The Labute approximate surface area is 263 Å². The van der Waals surface area contributed by atoms with Crippen LogP contribution in [-0.2, 0) is 0 Å². The standard InChI is InChI=1S/C39H46N2O3/c1-30-34(38(43)36-20-13-12-19-35(36)37(30)42)18-11-6-4-2-3-5-7-14-25-40-26-15-27-41(29-28-40)39(44)33-23-21-32(22-24-33)31-16-9-8-10-17-31/h8-10,12-13,16-17,19-24H,2-7,11,14-15,18,25-29H2,1H3. The zero-order valence-electron chi connectivity index (χ0n) is 26.2. The Hall–Kier alpha value is -3.83. The number of carbonyl (C=O) groups is 3. The highest BCUT2D eigenvalue weighted by Crippen LogP contribution is 2.29. The third-order valence-electron chi connectivity index (χ3n) is 9.25. The van der Waals surface area contributed by atoms with Crippen LogP contribution in [0.1, 0.15) is 102 Å². The van der Waals surface area contributed by atoms with Gasteiger partial charge in [-0.1, -0.05) is 105 Å². The summed E-state index contributed by atoms with van der Waals surface area (Å²) in [5.74, 6) is 0.184. The van der Waals surface area contributed by atoms with Gasteiger partial charge >= 0.3 is 0 Å². The molecule has 230 valence electrons. The van der Waals surface area contributed by atoms with E-state index in [4.69, 9.17) is 0 Å². The maximum Gasteiger partial charge on any atom is 0.253 e. The quantitative estimate of drug-likeness (QED) is 0.188. The number of allylic oxidation sites excluding steroid dienone is 2. The van der Waals surface area contributed by atoms with Gasteiger partial charge in [-0.2, -0.15) is 0 Å². The van der Waals surface area contributed by atoms with Crippen LogP contribution in [0.2, 0.25) is 0 Å². The predicted octanol–water partition coefficient (Wildman–Crippen LogP) is 8.41. The van der Waals surface area contributed by atoms with Gasteiger partial charge < -0.3 is 9.80 Å². The fourth-order valence-corrected chi connectivity index (χ4v) is 6.57. The van der Waals surface area contributed by atoms with E-state index in [1.807, 2.05) is 59.5 Å². The summed E-state index contributed by atoms with van der Waals surface area (Å²) < 4.78 is 0. The average molecular weight is 591 g/mol. The molecule has 5 nitrogen and oxygen atoms in total. The first-order chi connectivity index (χ1) is 21.5. The molecule has 1 aliphatic heterocycles. The van der Waals surface area contributed by atoms with Crippen LogP contribution < -0.4 is 0 Å². The number of fused-ring (bicyclic) bond motifs is 1. The molecule has 1 aliphatic carbocycles. The molecule has 0 spiro atoms. The number of ketones is 2. The third-order valence-corrected chi connectivity index (χ3v) is 9.25. The second-order valence-electron chi connectivity index (χ2n) is 12.3. The van der Waals surface area contributed by atoms with E-state index < -0.39 is 0 Å². The largest absolute Gasteiger partial charge is 0.337 e. The fourth-order valence-electron chi connectivity index (χ4n) is 6.57. The predicted molar refractivity (Wildman–Crippen MR) is 178 cm³/mol. The van der Waals surface area contributed by atoms with E-state index in [9.17, 15) is 14.4 Å². The normalized spacial score (nSPS) is 15.8. The number of Topliss-reactive ketones (excluding diaryl/α,β-unsaturated/α-hetero) is 2. The highest BCUT2D eigenvalue weighted by molar-refractivity contribution is 6.26. The zero-order chi connectivity index (χ0) is 30.7. The van der Waals surface area contributed by atoms with Crippen LogP contribution in [0.25, 0.3) is 11.1 Å². The van der Waals surface area contributed by atoms with Crippen LogP contribution in [0.5, 0.6) is 0 Å². The molecule has 1 amide bonds. The molecule has 0 atom stereocenters. The van der Waals surface area contributed by atoms with Crippen molar-refractivity contribution in [3.63, 3.8) is 0 Å². The van der Waals surface area contributed by atoms with E-state index in [1.165, 1.54) is 44.1 Å². The smallest absolute Gasteiger partial charge is 0.253 e. The number of rotatable bonds is 13. The number of hydrogen-bond acceptors (Lipinski definition) is 4. The Balaban J connectivity index is 0.926. The van der Waals surface area contributed by atoms with Gasteiger partial charge in [0.25, 0.3) is 5.91 Å². The van der Waals surface area contributed by atoms with Crippen molar-refractivity contribution in [2.45, 2.75) is 71.1 Å². The van der Waals surface area contributed by atoms with Crippen molar-refractivity contribution in [1.29, 1.82) is 0 Å². The SMILES string of the molecule is CC1=C(CCCCCCCCCCN2CCCN(C(=O)c3ccc(-c4ccccc4)cc3)CC2)C(=O)c2ccccc2C1=O. The lowest BCUT2D eigenvalue weighted by Crippen LogP contribution is -2.35. The van der Waals surface area contributed by atoms with Crippen LogP contribution >= 0.6 is 0 Å². The molecule has 0 saturated carbocycles. The summed E-state index contributed by atoms with van der Waals surface area (Å²) in [6.45, 7) is 6.54. The molecule has 2 aliphatic rings. The van der Waals surface area contributed by atoms with E-state index in [-0.39, 0.29) is 17.5 Å². The molecular weight excluding hydrogens is 544 g/mol.